The van der Waals surface area contributed by atoms with E-state index in [0.29, 0.717) is 0 Å². The van der Waals surface area contributed by atoms with Gasteiger partial charge in [-0.3, -0.25) is 24.0 Å². The molecule has 0 radical (unpaired) electrons. The third-order valence-corrected chi connectivity index (χ3v) is 6.34. The summed E-state index contributed by atoms with van der Waals surface area (Å²) in [6, 6.07) is 5.41. The maximum absolute atomic E-state index is 13.6. The van der Waals surface area contributed by atoms with Gasteiger partial charge in [-0.25, -0.2) is 4.79 Å². The fraction of sp³-hybridized carbons (Fsp3) is 0.548. The van der Waals surface area contributed by atoms with Gasteiger partial charge in [-0.05, 0) is 37.2 Å². The van der Waals surface area contributed by atoms with Crippen molar-refractivity contribution in [3.63, 3.8) is 0 Å². The molecular weight excluding hydrogens is 554 g/mol. The topological polar surface area (TPSA) is 186 Å². The van der Waals surface area contributed by atoms with Crippen molar-refractivity contribution in [2.24, 2.45) is 17.6 Å². The summed E-state index contributed by atoms with van der Waals surface area (Å²) in [7, 11) is 0. The number of esters is 1. The SMILES string of the molecule is CCOC(=O)/C=C/[C@H](CCC(N)=O)NC(=O)[C@H](Cc1ccccc1)NC(=O)[C@H](CC(C)C)NC(=O)[C@@H](NC(C)=O)C(C)C. The number of benzene rings is 1. The van der Waals surface area contributed by atoms with Crippen LogP contribution in [0.2, 0.25) is 0 Å². The van der Waals surface area contributed by atoms with Gasteiger partial charge < -0.3 is 31.7 Å². The lowest BCUT2D eigenvalue weighted by Crippen LogP contribution is -2.58. The molecule has 12 heteroatoms. The highest BCUT2D eigenvalue weighted by atomic mass is 16.5. The smallest absolute Gasteiger partial charge is 0.330 e. The lowest BCUT2D eigenvalue weighted by atomic mass is 9.99. The summed E-state index contributed by atoms with van der Waals surface area (Å²) in [4.78, 5) is 75.2. The summed E-state index contributed by atoms with van der Waals surface area (Å²) < 4.78 is 4.90. The van der Waals surface area contributed by atoms with E-state index in [0.717, 1.165) is 11.6 Å². The molecule has 0 aliphatic rings. The van der Waals surface area contributed by atoms with Crippen LogP contribution in [0.4, 0.5) is 0 Å². The number of nitrogens with one attached hydrogen (secondary N) is 4. The average Bonchev–Trinajstić information content (AvgIpc) is 2.92. The summed E-state index contributed by atoms with van der Waals surface area (Å²) in [6.07, 6.45) is 3.05. The van der Waals surface area contributed by atoms with E-state index in [-0.39, 0.29) is 50.0 Å². The minimum absolute atomic E-state index is 0.0157. The molecule has 238 valence electrons. The fourth-order valence-electron chi connectivity index (χ4n) is 4.23. The van der Waals surface area contributed by atoms with Crippen molar-refractivity contribution < 1.29 is 33.5 Å². The van der Waals surface area contributed by atoms with Crippen LogP contribution in [-0.2, 0) is 39.9 Å². The monoisotopic (exact) mass is 601 g/mol. The predicted molar refractivity (Wildman–Crippen MR) is 162 cm³/mol. The third kappa shape index (κ3) is 15.0. The maximum Gasteiger partial charge on any atom is 0.330 e. The summed E-state index contributed by atoms with van der Waals surface area (Å²) in [6.45, 7) is 10.5. The highest BCUT2D eigenvalue weighted by Gasteiger charge is 2.31. The highest BCUT2D eigenvalue weighted by Crippen LogP contribution is 2.11. The molecule has 0 bridgehead atoms. The molecule has 6 N–H and O–H groups in total. The van der Waals surface area contributed by atoms with E-state index in [1.54, 1.807) is 32.9 Å². The number of hydrogen-bond acceptors (Lipinski definition) is 7. The van der Waals surface area contributed by atoms with E-state index in [9.17, 15) is 28.8 Å². The van der Waals surface area contributed by atoms with Crippen LogP contribution in [0.1, 0.15) is 66.4 Å². The second-order valence-electron chi connectivity index (χ2n) is 11.1. The molecule has 4 atom stereocenters. The van der Waals surface area contributed by atoms with Crippen LogP contribution in [0.5, 0.6) is 0 Å². The Morgan fingerprint density at radius 1 is 0.860 bits per heavy atom. The molecule has 0 saturated heterocycles. The Morgan fingerprint density at radius 3 is 2.00 bits per heavy atom. The van der Waals surface area contributed by atoms with Gasteiger partial charge in [0.25, 0.3) is 0 Å². The van der Waals surface area contributed by atoms with Crippen molar-refractivity contribution in [3.05, 3.63) is 48.0 Å². The maximum atomic E-state index is 13.6. The van der Waals surface area contributed by atoms with E-state index >= 15 is 0 Å². The standard InChI is InChI=1S/C31H47N5O7/c1-7-43-27(39)16-14-23(13-15-26(32)38)34-29(40)25(18-22-11-9-8-10-12-22)35-30(41)24(17-19(2)3)36-31(42)28(20(4)5)33-21(6)37/h8-12,14,16,19-20,23-25,28H,7,13,15,17-18H2,1-6H3,(H2,32,38)(H,33,37)(H,34,40)(H,35,41)(H,36,42)/b16-14+/t23-,24-,25-,28-/m0/s1. The normalized spacial score (nSPS) is 14.0. The van der Waals surface area contributed by atoms with Gasteiger partial charge in [0.15, 0.2) is 0 Å². The first-order valence-corrected chi connectivity index (χ1v) is 14.6. The molecule has 5 amide bonds. The number of amides is 5. The molecule has 1 aromatic rings. The van der Waals surface area contributed by atoms with Crippen LogP contribution in [0.15, 0.2) is 42.5 Å². The van der Waals surface area contributed by atoms with Gasteiger partial charge in [-0.2, -0.15) is 0 Å². The first kappa shape index (κ1) is 36.8. The molecule has 0 aliphatic heterocycles. The first-order chi connectivity index (χ1) is 20.2. The summed E-state index contributed by atoms with van der Waals surface area (Å²) in [5, 5.41) is 10.9. The minimum atomic E-state index is -1.07. The van der Waals surface area contributed by atoms with E-state index in [1.165, 1.54) is 13.0 Å². The molecule has 0 fully saturated rings. The Bertz CT molecular complexity index is 1120. The third-order valence-electron chi connectivity index (χ3n) is 6.34. The predicted octanol–water partition coefficient (Wildman–Crippen LogP) is 1.28. The van der Waals surface area contributed by atoms with Gasteiger partial charge in [-0.15, -0.1) is 0 Å². The Morgan fingerprint density at radius 2 is 1.47 bits per heavy atom. The lowest BCUT2D eigenvalue weighted by molar-refractivity contribution is -0.137. The molecular formula is C31H47N5O7. The number of carbonyl (C=O) groups excluding carboxylic acids is 6. The van der Waals surface area contributed by atoms with Crippen molar-refractivity contribution in [1.29, 1.82) is 0 Å². The number of nitrogens with two attached hydrogens (primary N) is 1. The molecule has 0 aromatic heterocycles. The number of rotatable bonds is 18. The van der Waals surface area contributed by atoms with Crippen molar-refractivity contribution in [2.75, 3.05) is 6.61 Å². The Hall–Kier alpha value is -4.22. The zero-order valence-electron chi connectivity index (χ0n) is 26.0. The van der Waals surface area contributed by atoms with Crippen LogP contribution in [0.3, 0.4) is 0 Å². The first-order valence-electron chi connectivity index (χ1n) is 14.6. The summed E-state index contributed by atoms with van der Waals surface area (Å²) >= 11 is 0. The van der Waals surface area contributed by atoms with Gasteiger partial charge in [0.1, 0.15) is 18.1 Å². The van der Waals surface area contributed by atoms with Crippen molar-refractivity contribution in [1.82, 2.24) is 21.3 Å². The number of hydrogen-bond donors (Lipinski definition) is 5. The van der Waals surface area contributed by atoms with Gasteiger partial charge in [0, 0.05) is 31.9 Å². The molecule has 12 nitrogen and oxygen atoms in total. The van der Waals surface area contributed by atoms with Gasteiger partial charge in [0.2, 0.25) is 29.5 Å². The van der Waals surface area contributed by atoms with E-state index in [1.807, 2.05) is 32.0 Å². The van der Waals surface area contributed by atoms with Gasteiger partial charge in [-0.1, -0.05) is 64.1 Å². The van der Waals surface area contributed by atoms with Crippen molar-refractivity contribution >= 4 is 35.5 Å². The molecule has 0 aliphatic carbocycles. The quantitative estimate of drug-likeness (QED) is 0.124. The largest absolute Gasteiger partial charge is 0.463 e. The number of primary amides is 1. The molecule has 1 rings (SSSR count). The lowest BCUT2D eigenvalue weighted by Gasteiger charge is -2.28. The number of carbonyl (C=O) groups is 6. The van der Waals surface area contributed by atoms with Crippen LogP contribution in [-0.4, -0.2) is 66.3 Å². The van der Waals surface area contributed by atoms with Crippen LogP contribution in [0.25, 0.3) is 0 Å². The van der Waals surface area contributed by atoms with E-state index in [2.05, 4.69) is 21.3 Å². The second-order valence-corrected chi connectivity index (χ2v) is 11.1. The van der Waals surface area contributed by atoms with Crippen molar-refractivity contribution in [3.8, 4) is 0 Å². The Kier molecular flexibility index (Phi) is 16.3. The van der Waals surface area contributed by atoms with Gasteiger partial charge in [0.05, 0.1) is 6.61 Å². The van der Waals surface area contributed by atoms with Gasteiger partial charge >= 0.3 is 5.97 Å². The minimum Gasteiger partial charge on any atom is -0.463 e. The fourth-order valence-corrected chi connectivity index (χ4v) is 4.23. The summed E-state index contributed by atoms with van der Waals surface area (Å²) in [5.41, 5.74) is 6.07. The van der Waals surface area contributed by atoms with E-state index < -0.39 is 53.8 Å². The molecule has 0 unspecified atom stereocenters. The van der Waals surface area contributed by atoms with Crippen LogP contribution < -0.4 is 27.0 Å². The van der Waals surface area contributed by atoms with Crippen LogP contribution >= 0.6 is 0 Å². The Labute approximate surface area is 253 Å². The molecule has 1 aromatic carbocycles. The Balaban J connectivity index is 3.27. The molecule has 0 spiro atoms. The molecule has 43 heavy (non-hydrogen) atoms. The zero-order valence-corrected chi connectivity index (χ0v) is 26.0. The van der Waals surface area contributed by atoms with E-state index in [4.69, 9.17) is 10.5 Å². The second kappa shape index (κ2) is 19.1. The van der Waals surface area contributed by atoms with Crippen molar-refractivity contribution in [2.45, 2.75) is 91.4 Å². The number of ether oxygens (including phenoxy) is 1. The molecule has 0 saturated carbocycles. The molecule has 0 heterocycles. The highest BCUT2D eigenvalue weighted by molar-refractivity contribution is 5.94. The van der Waals surface area contributed by atoms with Crippen LogP contribution in [0, 0.1) is 11.8 Å². The summed E-state index contributed by atoms with van der Waals surface area (Å²) in [5.74, 6) is -3.42. The zero-order chi connectivity index (χ0) is 32.5. The average molecular weight is 602 g/mol.